The van der Waals surface area contributed by atoms with Gasteiger partial charge in [0.15, 0.2) is 0 Å². The normalized spacial score (nSPS) is 10.6. The Bertz CT molecular complexity index is 865. The van der Waals surface area contributed by atoms with Gasteiger partial charge in [0, 0.05) is 23.4 Å². The van der Waals surface area contributed by atoms with Crippen LogP contribution in [-0.2, 0) is 11.2 Å². The molecule has 5 nitrogen and oxygen atoms in total. The highest BCUT2D eigenvalue weighted by molar-refractivity contribution is 6.30. The lowest BCUT2D eigenvalue weighted by Crippen LogP contribution is -2.12. The zero-order valence-corrected chi connectivity index (χ0v) is 14.0. The molecule has 128 valence electrons. The van der Waals surface area contributed by atoms with Crippen LogP contribution >= 0.6 is 11.6 Å². The predicted molar refractivity (Wildman–Crippen MR) is 92.7 cm³/mol. The molecule has 1 heterocycles. The first-order chi connectivity index (χ1) is 12.1. The lowest BCUT2D eigenvalue weighted by Gasteiger charge is -2.05. The van der Waals surface area contributed by atoms with Crippen LogP contribution in [0.5, 0.6) is 0 Å². The molecule has 3 rings (SSSR count). The number of carbonyl (C=O) groups excluding carboxylic acids is 1. The van der Waals surface area contributed by atoms with Gasteiger partial charge in [-0.2, -0.15) is 4.98 Å². The van der Waals surface area contributed by atoms with Crippen molar-refractivity contribution in [2.45, 2.75) is 19.3 Å². The highest BCUT2D eigenvalue weighted by Gasteiger charge is 2.10. The Morgan fingerprint density at radius 3 is 2.68 bits per heavy atom. The van der Waals surface area contributed by atoms with Crippen molar-refractivity contribution in [3.63, 3.8) is 0 Å². The predicted octanol–water partition coefficient (Wildman–Crippen LogP) is 4.49. The molecule has 1 amide bonds. The van der Waals surface area contributed by atoms with Crippen LogP contribution in [0.4, 0.5) is 10.1 Å². The van der Waals surface area contributed by atoms with Crippen molar-refractivity contribution in [3.8, 4) is 11.4 Å². The smallest absolute Gasteiger partial charge is 0.226 e. The zero-order valence-electron chi connectivity index (χ0n) is 13.2. The minimum atomic E-state index is -0.458. The first-order valence-electron chi connectivity index (χ1n) is 7.75. The van der Waals surface area contributed by atoms with Gasteiger partial charge in [-0.3, -0.25) is 4.79 Å². The van der Waals surface area contributed by atoms with Gasteiger partial charge in [0.25, 0.3) is 0 Å². The summed E-state index contributed by atoms with van der Waals surface area (Å²) in [6, 6.07) is 13.2. The van der Waals surface area contributed by atoms with Crippen molar-refractivity contribution in [1.82, 2.24) is 10.1 Å². The van der Waals surface area contributed by atoms with Crippen molar-refractivity contribution < 1.29 is 13.7 Å². The van der Waals surface area contributed by atoms with Gasteiger partial charge in [-0.05, 0) is 42.8 Å². The van der Waals surface area contributed by atoms with E-state index >= 15 is 0 Å². The average molecular weight is 360 g/mol. The van der Waals surface area contributed by atoms with Crippen LogP contribution in [0, 0.1) is 5.82 Å². The quantitative estimate of drug-likeness (QED) is 0.704. The Hall–Kier alpha value is -2.73. The number of hydrogen-bond donors (Lipinski definition) is 1. The monoisotopic (exact) mass is 359 g/mol. The number of anilines is 1. The molecule has 0 fully saturated rings. The molecule has 0 spiro atoms. The summed E-state index contributed by atoms with van der Waals surface area (Å²) in [6.45, 7) is 0. The Labute approximate surface area is 148 Å². The number of hydrogen-bond acceptors (Lipinski definition) is 4. The molecule has 25 heavy (non-hydrogen) atoms. The minimum Gasteiger partial charge on any atom is -0.339 e. The van der Waals surface area contributed by atoms with E-state index in [0.717, 1.165) is 5.56 Å². The summed E-state index contributed by atoms with van der Waals surface area (Å²) >= 11 is 5.84. The van der Waals surface area contributed by atoms with Gasteiger partial charge in [-0.15, -0.1) is 0 Å². The standard InChI is InChI=1S/C18H15ClFN3O2/c19-13-10-8-12(9-11-13)18-22-17(25-23-18)7-3-6-16(24)21-15-5-2-1-4-14(15)20/h1-2,4-5,8-11H,3,6-7H2,(H,21,24). The van der Waals surface area contributed by atoms with Crippen LogP contribution in [0.2, 0.25) is 5.02 Å². The summed E-state index contributed by atoms with van der Waals surface area (Å²) in [5, 5.41) is 7.09. The molecule has 0 aliphatic carbocycles. The van der Waals surface area contributed by atoms with Crippen LogP contribution in [0.1, 0.15) is 18.7 Å². The van der Waals surface area contributed by atoms with Gasteiger partial charge < -0.3 is 9.84 Å². The molecular weight excluding hydrogens is 345 g/mol. The molecule has 1 N–H and O–H groups in total. The highest BCUT2D eigenvalue weighted by Crippen LogP contribution is 2.19. The van der Waals surface area contributed by atoms with E-state index in [4.69, 9.17) is 16.1 Å². The summed E-state index contributed by atoms with van der Waals surface area (Å²) < 4.78 is 18.7. The Kier molecular flexibility index (Phi) is 5.40. The number of para-hydroxylation sites is 1. The van der Waals surface area contributed by atoms with Crippen molar-refractivity contribution in [1.29, 1.82) is 0 Å². The molecule has 7 heteroatoms. The SMILES string of the molecule is O=C(CCCc1nc(-c2ccc(Cl)cc2)no1)Nc1ccccc1F. The van der Waals surface area contributed by atoms with Crippen molar-refractivity contribution >= 4 is 23.2 Å². The minimum absolute atomic E-state index is 0.176. The Morgan fingerprint density at radius 2 is 1.92 bits per heavy atom. The number of aromatic nitrogens is 2. The number of amides is 1. The van der Waals surface area contributed by atoms with E-state index in [1.165, 1.54) is 12.1 Å². The number of carbonyl (C=O) groups is 1. The molecule has 2 aromatic carbocycles. The fourth-order valence-corrected chi connectivity index (χ4v) is 2.37. The van der Waals surface area contributed by atoms with Crippen LogP contribution in [0.15, 0.2) is 53.1 Å². The summed E-state index contributed by atoms with van der Waals surface area (Å²) in [6.07, 6.45) is 1.21. The first kappa shape index (κ1) is 17.1. The van der Waals surface area contributed by atoms with Gasteiger partial charge >= 0.3 is 0 Å². The van der Waals surface area contributed by atoms with Crippen molar-refractivity contribution in [2.75, 3.05) is 5.32 Å². The van der Waals surface area contributed by atoms with Crippen LogP contribution in [0.3, 0.4) is 0 Å². The third kappa shape index (κ3) is 4.64. The van der Waals surface area contributed by atoms with Crippen molar-refractivity contribution in [2.24, 2.45) is 0 Å². The summed E-state index contributed by atoms with van der Waals surface area (Å²) in [4.78, 5) is 16.1. The van der Waals surface area contributed by atoms with Gasteiger partial charge in [0.1, 0.15) is 5.82 Å². The summed E-state index contributed by atoms with van der Waals surface area (Å²) in [7, 11) is 0. The lowest BCUT2D eigenvalue weighted by molar-refractivity contribution is -0.116. The van der Waals surface area contributed by atoms with Gasteiger partial charge in [-0.1, -0.05) is 28.9 Å². The fourth-order valence-electron chi connectivity index (χ4n) is 2.25. The van der Waals surface area contributed by atoms with Crippen molar-refractivity contribution in [3.05, 3.63) is 65.3 Å². The number of halogens is 2. The maximum Gasteiger partial charge on any atom is 0.226 e. The molecule has 3 aromatic rings. The van der Waals surface area contributed by atoms with E-state index in [-0.39, 0.29) is 18.0 Å². The summed E-state index contributed by atoms with van der Waals surface area (Å²) in [5.41, 5.74) is 0.979. The Morgan fingerprint density at radius 1 is 1.16 bits per heavy atom. The van der Waals surface area contributed by atoms with Crippen LogP contribution in [0.25, 0.3) is 11.4 Å². The lowest BCUT2D eigenvalue weighted by atomic mass is 10.2. The summed E-state index contributed by atoms with van der Waals surface area (Å²) in [5.74, 6) is 0.203. The second-order valence-corrected chi connectivity index (χ2v) is 5.84. The molecule has 0 aliphatic rings. The van der Waals surface area contributed by atoms with E-state index in [1.807, 2.05) is 0 Å². The molecule has 0 saturated heterocycles. The fraction of sp³-hybridized carbons (Fsp3) is 0.167. The third-order valence-electron chi connectivity index (χ3n) is 3.51. The first-order valence-corrected chi connectivity index (χ1v) is 8.12. The van der Waals surface area contributed by atoms with Crippen LogP contribution in [-0.4, -0.2) is 16.0 Å². The second kappa shape index (κ2) is 7.90. The number of rotatable bonds is 6. The largest absolute Gasteiger partial charge is 0.339 e. The molecule has 0 aliphatic heterocycles. The highest BCUT2D eigenvalue weighted by atomic mass is 35.5. The topological polar surface area (TPSA) is 68.0 Å². The number of aryl methyl sites for hydroxylation is 1. The molecule has 0 unspecified atom stereocenters. The molecule has 1 aromatic heterocycles. The zero-order chi connectivity index (χ0) is 17.6. The number of benzene rings is 2. The van der Waals surface area contributed by atoms with E-state index in [0.29, 0.717) is 29.6 Å². The molecule has 0 atom stereocenters. The maximum absolute atomic E-state index is 13.5. The average Bonchev–Trinajstić information content (AvgIpc) is 3.06. The maximum atomic E-state index is 13.5. The van der Waals surface area contributed by atoms with Gasteiger partial charge in [0.2, 0.25) is 17.6 Å². The van der Waals surface area contributed by atoms with Crippen LogP contribution < -0.4 is 5.32 Å². The van der Waals surface area contributed by atoms with Gasteiger partial charge in [-0.25, -0.2) is 4.39 Å². The molecular formula is C18H15ClFN3O2. The molecule has 0 bridgehead atoms. The molecule has 0 saturated carbocycles. The Balaban J connectivity index is 1.50. The van der Waals surface area contributed by atoms with Gasteiger partial charge in [0.05, 0.1) is 5.69 Å². The number of nitrogens with zero attached hydrogens (tertiary/aromatic N) is 2. The number of nitrogens with one attached hydrogen (secondary N) is 1. The van der Waals surface area contributed by atoms with E-state index in [2.05, 4.69) is 15.5 Å². The van der Waals surface area contributed by atoms with E-state index < -0.39 is 5.82 Å². The second-order valence-electron chi connectivity index (χ2n) is 5.40. The third-order valence-corrected chi connectivity index (χ3v) is 3.76. The van der Waals surface area contributed by atoms with E-state index in [1.54, 1.807) is 36.4 Å². The molecule has 0 radical (unpaired) electrons. The van der Waals surface area contributed by atoms with E-state index in [9.17, 15) is 9.18 Å².